The van der Waals surface area contributed by atoms with Gasteiger partial charge in [0.25, 0.3) is 0 Å². The van der Waals surface area contributed by atoms with Crippen molar-refractivity contribution in [1.29, 1.82) is 0 Å². The SMILES string of the molecule is Cc1ccc(CSc2nnc(-c3csc(C)c3-c3ccccc3)n2C)cc1. The number of aromatic nitrogens is 3. The molecule has 4 aromatic rings. The monoisotopic (exact) mass is 391 g/mol. The number of hydrogen-bond donors (Lipinski definition) is 0. The summed E-state index contributed by atoms with van der Waals surface area (Å²) in [6.07, 6.45) is 0. The van der Waals surface area contributed by atoms with Gasteiger partial charge in [-0.2, -0.15) is 0 Å². The van der Waals surface area contributed by atoms with E-state index in [9.17, 15) is 0 Å². The van der Waals surface area contributed by atoms with E-state index in [1.807, 2.05) is 6.07 Å². The average Bonchev–Trinajstić information content (AvgIpc) is 3.24. The van der Waals surface area contributed by atoms with Gasteiger partial charge in [-0.25, -0.2) is 0 Å². The Morgan fingerprint density at radius 2 is 1.70 bits per heavy atom. The fourth-order valence-corrected chi connectivity index (χ4v) is 4.82. The molecule has 0 spiro atoms. The van der Waals surface area contributed by atoms with Gasteiger partial charge < -0.3 is 4.57 Å². The van der Waals surface area contributed by atoms with Gasteiger partial charge in [-0.15, -0.1) is 21.5 Å². The van der Waals surface area contributed by atoms with Crippen molar-refractivity contribution in [3.05, 3.63) is 76.0 Å². The molecule has 3 nitrogen and oxygen atoms in total. The molecule has 0 radical (unpaired) electrons. The maximum Gasteiger partial charge on any atom is 0.191 e. The highest BCUT2D eigenvalue weighted by molar-refractivity contribution is 7.98. The molecule has 0 N–H and O–H groups in total. The Hall–Kier alpha value is -2.37. The second kappa shape index (κ2) is 7.71. The number of thioether (sulfide) groups is 1. The Morgan fingerprint density at radius 3 is 2.44 bits per heavy atom. The Labute approximate surface area is 168 Å². The molecular weight excluding hydrogens is 370 g/mol. The van der Waals surface area contributed by atoms with E-state index >= 15 is 0 Å². The molecule has 4 rings (SSSR count). The third-order valence-corrected chi connectivity index (χ3v) is 6.60. The van der Waals surface area contributed by atoms with Crippen molar-refractivity contribution in [3.63, 3.8) is 0 Å². The summed E-state index contributed by atoms with van der Waals surface area (Å²) >= 11 is 3.49. The van der Waals surface area contributed by atoms with Crippen molar-refractivity contribution in [3.8, 4) is 22.5 Å². The summed E-state index contributed by atoms with van der Waals surface area (Å²) in [6, 6.07) is 19.2. The lowest BCUT2D eigenvalue weighted by Crippen LogP contribution is -1.95. The molecule has 0 amide bonds. The fraction of sp³-hybridized carbons (Fsp3) is 0.182. The highest BCUT2D eigenvalue weighted by Gasteiger charge is 2.18. The smallest absolute Gasteiger partial charge is 0.191 e. The van der Waals surface area contributed by atoms with Gasteiger partial charge in [0.1, 0.15) is 0 Å². The zero-order chi connectivity index (χ0) is 18.8. The maximum absolute atomic E-state index is 4.51. The highest BCUT2D eigenvalue weighted by atomic mass is 32.2. The second-order valence-corrected chi connectivity index (χ2v) is 8.61. The van der Waals surface area contributed by atoms with Crippen LogP contribution < -0.4 is 0 Å². The van der Waals surface area contributed by atoms with E-state index in [2.05, 4.69) is 89.6 Å². The second-order valence-electron chi connectivity index (χ2n) is 6.59. The van der Waals surface area contributed by atoms with Crippen molar-refractivity contribution in [2.24, 2.45) is 7.05 Å². The molecule has 0 bridgehead atoms. The van der Waals surface area contributed by atoms with Gasteiger partial charge in [-0.05, 0) is 25.0 Å². The molecule has 5 heteroatoms. The lowest BCUT2D eigenvalue weighted by atomic mass is 10.0. The van der Waals surface area contributed by atoms with Crippen LogP contribution in [0.1, 0.15) is 16.0 Å². The molecule has 2 aromatic carbocycles. The highest BCUT2D eigenvalue weighted by Crippen LogP contribution is 2.38. The summed E-state index contributed by atoms with van der Waals surface area (Å²) in [6.45, 7) is 4.28. The predicted octanol–water partition coefficient (Wildman–Crippen LogP) is 6.12. The predicted molar refractivity (Wildman–Crippen MR) is 115 cm³/mol. The maximum atomic E-state index is 4.51. The molecule has 2 aromatic heterocycles. The molecule has 136 valence electrons. The Kier molecular flexibility index (Phi) is 5.14. The first-order valence-corrected chi connectivity index (χ1v) is 10.7. The summed E-state index contributed by atoms with van der Waals surface area (Å²) < 4.78 is 2.10. The van der Waals surface area contributed by atoms with Crippen molar-refractivity contribution < 1.29 is 0 Å². The quantitative estimate of drug-likeness (QED) is 0.384. The normalized spacial score (nSPS) is 11.1. The third kappa shape index (κ3) is 3.70. The lowest BCUT2D eigenvalue weighted by molar-refractivity contribution is 0.794. The lowest BCUT2D eigenvalue weighted by Gasteiger charge is -2.07. The van der Waals surface area contributed by atoms with Crippen molar-refractivity contribution >= 4 is 23.1 Å². The van der Waals surface area contributed by atoms with Crippen LogP contribution in [0.5, 0.6) is 0 Å². The van der Waals surface area contributed by atoms with E-state index < -0.39 is 0 Å². The topological polar surface area (TPSA) is 30.7 Å². The van der Waals surface area contributed by atoms with E-state index in [1.165, 1.54) is 27.1 Å². The zero-order valence-corrected chi connectivity index (χ0v) is 17.3. The molecule has 0 atom stereocenters. The van der Waals surface area contributed by atoms with Crippen LogP contribution in [0.2, 0.25) is 0 Å². The standard InChI is InChI=1S/C22H21N3S2/c1-15-9-11-17(12-10-15)13-27-22-24-23-21(25(22)3)19-14-26-16(2)20(19)18-7-5-4-6-8-18/h4-12,14H,13H2,1-3H3. The van der Waals surface area contributed by atoms with E-state index in [0.717, 1.165) is 22.3 Å². The Bertz CT molecular complexity index is 1050. The van der Waals surface area contributed by atoms with Gasteiger partial charge >= 0.3 is 0 Å². The number of nitrogens with zero attached hydrogens (tertiary/aromatic N) is 3. The van der Waals surface area contributed by atoms with E-state index in [4.69, 9.17) is 0 Å². The average molecular weight is 392 g/mol. The van der Waals surface area contributed by atoms with E-state index in [1.54, 1.807) is 23.1 Å². The van der Waals surface area contributed by atoms with Gasteiger partial charge in [0, 0.05) is 34.2 Å². The van der Waals surface area contributed by atoms with Gasteiger partial charge in [0.05, 0.1) is 0 Å². The molecule has 27 heavy (non-hydrogen) atoms. The molecule has 0 aliphatic rings. The Morgan fingerprint density at radius 1 is 0.963 bits per heavy atom. The van der Waals surface area contributed by atoms with Crippen LogP contribution in [-0.2, 0) is 12.8 Å². The van der Waals surface area contributed by atoms with Crippen LogP contribution >= 0.6 is 23.1 Å². The van der Waals surface area contributed by atoms with Crippen molar-refractivity contribution in [2.75, 3.05) is 0 Å². The minimum absolute atomic E-state index is 0.889. The molecule has 2 heterocycles. The van der Waals surface area contributed by atoms with Crippen molar-refractivity contribution in [1.82, 2.24) is 14.8 Å². The molecule has 0 aliphatic heterocycles. The third-order valence-electron chi connectivity index (χ3n) is 4.60. The molecule has 0 unspecified atom stereocenters. The molecular formula is C22H21N3S2. The molecule has 0 saturated heterocycles. The first-order chi connectivity index (χ1) is 13.1. The van der Waals surface area contributed by atoms with Crippen LogP contribution in [0.4, 0.5) is 0 Å². The first-order valence-electron chi connectivity index (χ1n) is 8.85. The van der Waals surface area contributed by atoms with E-state index in [-0.39, 0.29) is 0 Å². The number of aryl methyl sites for hydroxylation is 2. The minimum Gasteiger partial charge on any atom is -0.305 e. The molecule has 0 aliphatic carbocycles. The summed E-state index contributed by atoms with van der Waals surface area (Å²) in [7, 11) is 2.05. The fourth-order valence-electron chi connectivity index (χ4n) is 3.09. The van der Waals surface area contributed by atoms with Crippen LogP contribution in [0, 0.1) is 13.8 Å². The Balaban J connectivity index is 1.62. The van der Waals surface area contributed by atoms with Crippen LogP contribution in [0.15, 0.2) is 65.1 Å². The van der Waals surface area contributed by atoms with Crippen LogP contribution in [0.3, 0.4) is 0 Å². The molecule has 0 saturated carbocycles. The van der Waals surface area contributed by atoms with Crippen LogP contribution in [-0.4, -0.2) is 14.8 Å². The van der Waals surface area contributed by atoms with E-state index in [0.29, 0.717) is 0 Å². The van der Waals surface area contributed by atoms with Gasteiger partial charge in [-0.3, -0.25) is 0 Å². The summed E-state index contributed by atoms with van der Waals surface area (Å²) in [5.74, 6) is 1.81. The van der Waals surface area contributed by atoms with Gasteiger partial charge in [-0.1, -0.05) is 71.9 Å². The number of rotatable bonds is 5. The van der Waals surface area contributed by atoms with Crippen molar-refractivity contribution in [2.45, 2.75) is 24.8 Å². The number of benzene rings is 2. The summed E-state index contributed by atoms with van der Waals surface area (Å²) in [4.78, 5) is 1.30. The van der Waals surface area contributed by atoms with Gasteiger partial charge in [0.2, 0.25) is 0 Å². The largest absolute Gasteiger partial charge is 0.305 e. The molecule has 0 fully saturated rings. The summed E-state index contributed by atoms with van der Waals surface area (Å²) in [5.41, 5.74) is 6.22. The van der Waals surface area contributed by atoms with Crippen LogP contribution in [0.25, 0.3) is 22.5 Å². The minimum atomic E-state index is 0.889. The zero-order valence-electron chi connectivity index (χ0n) is 15.6. The summed E-state index contributed by atoms with van der Waals surface area (Å²) in [5, 5.41) is 12.1. The van der Waals surface area contributed by atoms with Gasteiger partial charge in [0.15, 0.2) is 11.0 Å². The number of hydrogen-bond acceptors (Lipinski definition) is 4. The number of thiophene rings is 1. The first kappa shape index (κ1) is 18.0.